The maximum atomic E-state index is 15.0. The number of nitrogens with zero attached hydrogens (tertiary/aromatic N) is 3. The third kappa shape index (κ3) is 4.90. The zero-order valence-corrected chi connectivity index (χ0v) is 20.6. The van der Waals surface area contributed by atoms with Crippen LogP contribution >= 0.6 is 22.9 Å². The molecule has 188 valence electrons. The quantitative estimate of drug-likeness (QED) is 0.263. The number of methoxy groups -OCH3 is 1. The summed E-state index contributed by atoms with van der Waals surface area (Å²) in [5.74, 6) is -3.68. The molecule has 5 rings (SSSR count). The van der Waals surface area contributed by atoms with E-state index in [4.69, 9.17) is 25.8 Å². The standard InChI is InChI=1S/C24H19ClF3N3O4S/c1-11-5-12(21-15(6-11)30-20(33-2)10-29-21)22-31-14-7-13(26)17(8-19(14)36-22)34-18-9-24(27,28)4-3-16(18)35-23(25)32/h5-8,10,16,18H,3-4,9H2,1-2H3. The van der Waals surface area contributed by atoms with Crippen LogP contribution in [0.4, 0.5) is 18.0 Å². The van der Waals surface area contributed by atoms with E-state index in [9.17, 15) is 18.0 Å². The highest BCUT2D eigenvalue weighted by Crippen LogP contribution is 2.40. The number of hydrogen-bond acceptors (Lipinski definition) is 8. The van der Waals surface area contributed by atoms with Crippen LogP contribution in [0.2, 0.25) is 0 Å². The average Bonchev–Trinajstić information content (AvgIpc) is 3.22. The summed E-state index contributed by atoms with van der Waals surface area (Å²) in [6.45, 7) is 1.91. The second-order valence-electron chi connectivity index (χ2n) is 8.51. The summed E-state index contributed by atoms with van der Waals surface area (Å²) in [4.78, 5) is 24.7. The SMILES string of the molecule is COc1cnc2c(-c3nc4cc(F)c(OC5CC(F)(F)CCC5OC(=O)Cl)cc4s3)cc(C)cc2n1. The van der Waals surface area contributed by atoms with Gasteiger partial charge in [0.25, 0.3) is 5.92 Å². The van der Waals surface area contributed by atoms with Gasteiger partial charge in [-0.05, 0) is 31.0 Å². The lowest BCUT2D eigenvalue weighted by atomic mass is 9.91. The van der Waals surface area contributed by atoms with Gasteiger partial charge >= 0.3 is 5.43 Å². The Morgan fingerprint density at radius 2 is 1.97 bits per heavy atom. The number of ether oxygens (including phenoxy) is 3. The molecule has 2 aromatic carbocycles. The smallest absolute Gasteiger partial charge is 0.404 e. The summed E-state index contributed by atoms with van der Waals surface area (Å²) in [7, 11) is 1.50. The van der Waals surface area contributed by atoms with E-state index in [1.54, 1.807) is 0 Å². The number of rotatable bonds is 5. The van der Waals surface area contributed by atoms with Gasteiger partial charge in [0.2, 0.25) is 5.88 Å². The van der Waals surface area contributed by atoms with Gasteiger partial charge in [-0.25, -0.2) is 32.9 Å². The monoisotopic (exact) mass is 537 g/mol. The van der Waals surface area contributed by atoms with Crippen molar-refractivity contribution < 1.29 is 32.2 Å². The minimum atomic E-state index is -3.03. The molecule has 0 radical (unpaired) electrons. The van der Waals surface area contributed by atoms with E-state index in [1.807, 2.05) is 19.1 Å². The van der Waals surface area contributed by atoms with E-state index >= 15 is 0 Å². The number of thiazole rings is 1. The van der Waals surface area contributed by atoms with Crippen LogP contribution in [0.25, 0.3) is 31.8 Å². The highest BCUT2D eigenvalue weighted by atomic mass is 35.5. The number of carbonyl (C=O) groups excluding carboxylic acids is 1. The molecule has 1 aliphatic rings. The van der Waals surface area contributed by atoms with Crippen molar-refractivity contribution in [3.05, 3.63) is 41.8 Å². The number of carbonyl (C=O) groups is 1. The molecule has 0 spiro atoms. The first-order valence-electron chi connectivity index (χ1n) is 10.9. The molecule has 0 amide bonds. The Morgan fingerprint density at radius 3 is 2.72 bits per heavy atom. The molecule has 0 bridgehead atoms. The van der Waals surface area contributed by atoms with E-state index in [2.05, 4.69) is 15.0 Å². The second kappa shape index (κ2) is 9.36. The molecule has 1 aliphatic carbocycles. The number of fused-ring (bicyclic) bond motifs is 2. The molecule has 0 N–H and O–H groups in total. The van der Waals surface area contributed by atoms with Crippen LogP contribution in [0.3, 0.4) is 0 Å². The van der Waals surface area contributed by atoms with Crippen molar-refractivity contribution in [2.24, 2.45) is 0 Å². The van der Waals surface area contributed by atoms with E-state index in [1.165, 1.54) is 36.8 Å². The predicted molar refractivity (Wildman–Crippen MR) is 129 cm³/mol. The Morgan fingerprint density at radius 1 is 1.17 bits per heavy atom. The molecule has 36 heavy (non-hydrogen) atoms. The van der Waals surface area contributed by atoms with Gasteiger partial charge in [-0.2, -0.15) is 0 Å². The van der Waals surface area contributed by atoms with Gasteiger partial charge in [-0.3, -0.25) is 0 Å². The first kappa shape index (κ1) is 24.5. The van der Waals surface area contributed by atoms with E-state index < -0.39 is 42.2 Å². The summed E-state index contributed by atoms with van der Waals surface area (Å²) in [5.41, 5.74) is 2.10. The highest BCUT2D eigenvalue weighted by molar-refractivity contribution is 7.21. The number of hydrogen-bond donors (Lipinski definition) is 0. The molecule has 12 heteroatoms. The molecule has 0 saturated heterocycles. The third-order valence-corrected chi connectivity index (χ3v) is 7.02. The minimum Gasteiger partial charge on any atom is -0.483 e. The van der Waals surface area contributed by atoms with Gasteiger partial charge < -0.3 is 14.2 Å². The Kier molecular flexibility index (Phi) is 6.37. The summed E-state index contributed by atoms with van der Waals surface area (Å²) in [5, 5.41) is 0.577. The van der Waals surface area contributed by atoms with Crippen molar-refractivity contribution in [1.29, 1.82) is 0 Å². The molecule has 0 aliphatic heterocycles. The first-order chi connectivity index (χ1) is 17.1. The van der Waals surface area contributed by atoms with Gasteiger partial charge in [0.05, 0.1) is 41.0 Å². The Hall–Kier alpha value is -3.18. The molecule has 1 saturated carbocycles. The van der Waals surface area contributed by atoms with Crippen LogP contribution in [0.15, 0.2) is 30.5 Å². The molecule has 7 nitrogen and oxygen atoms in total. The molecule has 4 aromatic rings. The van der Waals surface area contributed by atoms with Crippen LogP contribution < -0.4 is 9.47 Å². The van der Waals surface area contributed by atoms with Crippen LogP contribution in [-0.2, 0) is 4.74 Å². The zero-order valence-electron chi connectivity index (χ0n) is 19.1. The number of halogens is 4. The summed E-state index contributed by atoms with van der Waals surface area (Å²) < 4.78 is 59.3. The molecule has 2 heterocycles. The minimum absolute atomic E-state index is 0.156. The fourth-order valence-corrected chi connectivity index (χ4v) is 5.35. The van der Waals surface area contributed by atoms with Crippen molar-refractivity contribution in [2.75, 3.05) is 7.11 Å². The number of aromatic nitrogens is 3. The summed E-state index contributed by atoms with van der Waals surface area (Å²) in [6.07, 6.45) is -2.15. The predicted octanol–water partition coefficient (Wildman–Crippen LogP) is 6.67. The molecular weight excluding hydrogens is 519 g/mol. The van der Waals surface area contributed by atoms with Crippen molar-refractivity contribution in [3.63, 3.8) is 0 Å². The van der Waals surface area contributed by atoms with Crippen molar-refractivity contribution in [1.82, 2.24) is 15.0 Å². The van der Waals surface area contributed by atoms with Crippen LogP contribution in [-0.4, -0.2) is 45.6 Å². The lowest BCUT2D eigenvalue weighted by molar-refractivity contribution is -0.113. The summed E-state index contributed by atoms with van der Waals surface area (Å²) in [6, 6.07) is 6.37. The summed E-state index contributed by atoms with van der Waals surface area (Å²) >= 11 is 6.56. The highest BCUT2D eigenvalue weighted by Gasteiger charge is 2.44. The van der Waals surface area contributed by atoms with Crippen molar-refractivity contribution >= 4 is 49.6 Å². The van der Waals surface area contributed by atoms with E-state index in [-0.39, 0.29) is 12.2 Å². The van der Waals surface area contributed by atoms with Gasteiger partial charge in [0.15, 0.2) is 11.6 Å². The molecule has 2 atom stereocenters. The Bertz CT molecular complexity index is 1480. The fraction of sp³-hybridized carbons (Fsp3) is 0.333. The Labute approximate surface area is 212 Å². The van der Waals surface area contributed by atoms with Gasteiger partial charge in [0, 0.05) is 35.7 Å². The van der Waals surface area contributed by atoms with Gasteiger partial charge in [-0.1, -0.05) is 0 Å². The first-order valence-corrected chi connectivity index (χ1v) is 12.1. The second-order valence-corrected chi connectivity index (χ2v) is 9.85. The van der Waals surface area contributed by atoms with Crippen LogP contribution in [0.1, 0.15) is 24.8 Å². The van der Waals surface area contributed by atoms with E-state index in [0.29, 0.717) is 37.7 Å². The maximum absolute atomic E-state index is 15.0. The average molecular weight is 538 g/mol. The molecule has 2 aromatic heterocycles. The normalized spacial score (nSPS) is 19.4. The largest absolute Gasteiger partial charge is 0.483 e. The topological polar surface area (TPSA) is 83.4 Å². The lowest BCUT2D eigenvalue weighted by Gasteiger charge is -2.35. The van der Waals surface area contributed by atoms with Gasteiger partial charge in [0.1, 0.15) is 17.2 Å². The van der Waals surface area contributed by atoms with Crippen LogP contribution in [0, 0.1) is 12.7 Å². The van der Waals surface area contributed by atoms with Gasteiger partial charge in [-0.15, -0.1) is 11.3 Å². The van der Waals surface area contributed by atoms with Crippen molar-refractivity contribution in [2.45, 2.75) is 44.3 Å². The third-order valence-electron chi connectivity index (χ3n) is 5.88. The maximum Gasteiger partial charge on any atom is 0.404 e. The van der Waals surface area contributed by atoms with Crippen LogP contribution in [0.5, 0.6) is 11.6 Å². The fourth-order valence-electron chi connectivity index (χ4n) is 4.25. The Balaban J connectivity index is 1.51. The molecule has 2 unspecified atom stereocenters. The van der Waals surface area contributed by atoms with E-state index in [0.717, 1.165) is 5.56 Å². The number of aryl methyl sites for hydroxylation is 1. The lowest BCUT2D eigenvalue weighted by Crippen LogP contribution is -2.44. The zero-order chi connectivity index (χ0) is 25.6. The number of benzene rings is 2. The molecule has 1 fully saturated rings. The number of alkyl halides is 2. The van der Waals surface area contributed by atoms with Crippen molar-refractivity contribution in [3.8, 4) is 22.2 Å². The molecular formula is C24H19ClF3N3O4S.